The topological polar surface area (TPSA) is 55.8 Å². The molecular weight excluding hydrogens is 352 g/mol. The zero-order valence-corrected chi connectivity index (χ0v) is 14.1. The van der Waals surface area contributed by atoms with Crippen LogP contribution < -0.4 is 4.74 Å². The number of benzene rings is 1. The van der Waals surface area contributed by atoms with Crippen LogP contribution in [0.4, 0.5) is 8.78 Å². The molecule has 1 fully saturated rings. The van der Waals surface area contributed by atoms with Gasteiger partial charge in [-0.05, 0) is 31.0 Å². The Morgan fingerprint density at radius 1 is 1.48 bits per heavy atom. The predicted molar refractivity (Wildman–Crippen MR) is 81.5 cm³/mol. The molecule has 0 saturated carbocycles. The average molecular weight is 370 g/mol. The van der Waals surface area contributed by atoms with Gasteiger partial charge in [0.25, 0.3) is 0 Å². The second kappa shape index (κ2) is 7.74. The zero-order chi connectivity index (χ0) is 17.0. The van der Waals surface area contributed by atoms with Crippen LogP contribution in [0.25, 0.3) is 0 Å². The van der Waals surface area contributed by atoms with E-state index in [4.69, 9.17) is 16.3 Å². The van der Waals surface area contributed by atoms with Crippen molar-refractivity contribution in [2.75, 3.05) is 19.7 Å². The molecule has 0 radical (unpaired) electrons. The second-order valence-corrected chi connectivity index (χ2v) is 7.41. The van der Waals surface area contributed by atoms with Crippen LogP contribution in [-0.2, 0) is 14.8 Å². The van der Waals surface area contributed by atoms with Gasteiger partial charge in [0.15, 0.2) is 0 Å². The summed E-state index contributed by atoms with van der Waals surface area (Å²) in [7, 11) is -3.78. The molecule has 1 atom stereocenters. The van der Waals surface area contributed by atoms with E-state index in [-0.39, 0.29) is 34.9 Å². The Balaban J connectivity index is 2.21. The first-order chi connectivity index (χ1) is 10.8. The van der Waals surface area contributed by atoms with Crippen LogP contribution in [0.5, 0.6) is 5.75 Å². The highest BCUT2D eigenvalue weighted by atomic mass is 35.5. The van der Waals surface area contributed by atoms with E-state index in [9.17, 15) is 17.2 Å². The summed E-state index contributed by atoms with van der Waals surface area (Å²) in [5.74, 6) is -0.261. The lowest BCUT2D eigenvalue weighted by Crippen LogP contribution is -2.37. The third kappa shape index (κ3) is 4.53. The lowest BCUT2D eigenvalue weighted by Gasteiger charge is -2.23. The summed E-state index contributed by atoms with van der Waals surface area (Å²) in [6.45, 7) is -0.140. The molecule has 1 unspecified atom stereocenters. The molecule has 9 heteroatoms. The molecule has 0 bridgehead atoms. The van der Waals surface area contributed by atoms with Gasteiger partial charge in [-0.2, -0.15) is 13.1 Å². The fourth-order valence-corrected chi connectivity index (χ4v) is 4.19. The SMILES string of the molecule is CCN(CC1CCCO1)S(=O)(=O)c1ccc(OC(F)F)c(Cl)c1. The summed E-state index contributed by atoms with van der Waals surface area (Å²) in [6, 6.07) is 3.45. The molecule has 1 aliphatic heterocycles. The van der Waals surface area contributed by atoms with Gasteiger partial charge in [-0.25, -0.2) is 8.42 Å². The lowest BCUT2D eigenvalue weighted by atomic mass is 10.2. The fraction of sp³-hybridized carbons (Fsp3) is 0.571. The number of ether oxygens (including phenoxy) is 2. The molecule has 23 heavy (non-hydrogen) atoms. The van der Waals surface area contributed by atoms with Gasteiger partial charge in [-0.1, -0.05) is 18.5 Å². The quantitative estimate of drug-likeness (QED) is 0.741. The van der Waals surface area contributed by atoms with Crippen LogP contribution in [-0.4, -0.2) is 45.1 Å². The fourth-order valence-electron chi connectivity index (χ4n) is 2.40. The van der Waals surface area contributed by atoms with Crippen LogP contribution >= 0.6 is 11.6 Å². The van der Waals surface area contributed by atoms with Crippen LogP contribution in [0.2, 0.25) is 5.02 Å². The Morgan fingerprint density at radius 2 is 2.22 bits per heavy atom. The second-order valence-electron chi connectivity index (χ2n) is 5.06. The van der Waals surface area contributed by atoms with Crippen molar-refractivity contribution < 1.29 is 26.7 Å². The van der Waals surface area contributed by atoms with Crippen molar-refractivity contribution in [1.82, 2.24) is 4.31 Å². The predicted octanol–water partition coefficient (Wildman–Crippen LogP) is 3.13. The van der Waals surface area contributed by atoms with E-state index >= 15 is 0 Å². The maximum absolute atomic E-state index is 12.7. The van der Waals surface area contributed by atoms with E-state index in [0.717, 1.165) is 25.0 Å². The van der Waals surface area contributed by atoms with Gasteiger partial charge in [0.05, 0.1) is 16.0 Å². The Morgan fingerprint density at radius 3 is 2.74 bits per heavy atom. The molecule has 5 nitrogen and oxygen atoms in total. The average Bonchev–Trinajstić information content (AvgIpc) is 2.99. The van der Waals surface area contributed by atoms with Gasteiger partial charge in [0.2, 0.25) is 10.0 Å². The molecule has 1 heterocycles. The number of sulfonamides is 1. The molecule has 1 aromatic rings. The van der Waals surface area contributed by atoms with Crippen molar-refractivity contribution in [2.24, 2.45) is 0 Å². The van der Waals surface area contributed by atoms with Crippen molar-refractivity contribution in [3.05, 3.63) is 23.2 Å². The third-order valence-electron chi connectivity index (χ3n) is 3.54. The first-order valence-corrected chi connectivity index (χ1v) is 9.02. The standard InChI is InChI=1S/C14H18ClF2NO4S/c1-2-18(9-10-4-3-7-21-10)23(19,20)11-5-6-13(12(15)8-11)22-14(16)17/h5-6,8,10,14H,2-4,7,9H2,1H3. The van der Waals surface area contributed by atoms with Crippen molar-refractivity contribution in [3.63, 3.8) is 0 Å². The smallest absolute Gasteiger partial charge is 0.387 e. The minimum Gasteiger partial charge on any atom is -0.433 e. The Hall–Kier alpha value is -0.960. The minimum absolute atomic E-state index is 0.0658. The molecule has 130 valence electrons. The number of likely N-dealkylation sites (N-methyl/N-ethyl adjacent to an activating group) is 1. The zero-order valence-electron chi connectivity index (χ0n) is 12.5. The van der Waals surface area contributed by atoms with Gasteiger partial charge >= 0.3 is 6.61 Å². The monoisotopic (exact) mass is 369 g/mol. The van der Waals surface area contributed by atoms with Crippen LogP contribution in [0.15, 0.2) is 23.1 Å². The van der Waals surface area contributed by atoms with Gasteiger partial charge in [-0.3, -0.25) is 0 Å². The normalized spacial score (nSPS) is 18.8. The molecule has 0 aromatic heterocycles. The number of halogens is 3. The Kier molecular flexibility index (Phi) is 6.19. The van der Waals surface area contributed by atoms with Crippen LogP contribution in [0.1, 0.15) is 19.8 Å². The van der Waals surface area contributed by atoms with Crippen LogP contribution in [0, 0.1) is 0 Å². The Labute approximate surface area is 139 Å². The van der Waals surface area contributed by atoms with Crippen LogP contribution in [0.3, 0.4) is 0 Å². The van der Waals surface area contributed by atoms with Gasteiger partial charge in [0, 0.05) is 19.7 Å². The number of nitrogens with zero attached hydrogens (tertiary/aromatic N) is 1. The molecular formula is C14H18ClF2NO4S. The number of hydrogen-bond acceptors (Lipinski definition) is 4. The van der Waals surface area contributed by atoms with Crippen molar-refractivity contribution >= 4 is 21.6 Å². The maximum atomic E-state index is 12.7. The van der Waals surface area contributed by atoms with E-state index in [1.54, 1.807) is 6.92 Å². The van der Waals surface area contributed by atoms with Gasteiger partial charge < -0.3 is 9.47 Å². The summed E-state index contributed by atoms with van der Waals surface area (Å²) in [4.78, 5) is -0.0658. The van der Waals surface area contributed by atoms with Crippen molar-refractivity contribution in [3.8, 4) is 5.75 Å². The van der Waals surface area contributed by atoms with E-state index in [2.05, 4.69) is 4.74 Å². The Bertz CT molecular complexity index is 636. The molecule has 1 saturated heterocycles. The molecule has 0 spiro atoms. The largest absolute Gasteiger partial charge is 0.433 e. The van der Waals surface area contributed by atoms with Crippen molar-refractivity contribution in [2.45, 2.75) is 37.4 Å². The van der Waals surface area contributed by atoms with Crippen molar-refractivity contribution in [1.29, 1.82) is 0 Å². The van der Waals surface area contributed by atoms with E-state index in [1.807, 2.05) is 0 Å². The first-order valence-electron chi connectivity index (χ1n) is 7.20. The summed E-state index contributed by atoms with van der Waals surface area (Å²) in [6.07, 6.45) is 1.60. The highest BCUT2D eigenvalue weighted by molar-refractivity contribution is 7.89. The molecule has 0 N–H and O–H groups in total. The number of rotatable bonds is 7. The molecule has 2 rings (SSSR count). The summed E-state index contributed by atoms with van der Waals surface area (Å²) in [5, 5.41) is -0.181. The first kappa shape index (κ1) is 18.4. The lowest BCUT2D eigenvalue weighted by molar-refractivity contribution is -0.0498. The molecule has 0 amide bonds. The highest BCUT2D eigenvalue weighted by Crippen LogP contribution is 2.30. The summed E-state index contributed by atoms with van der Waals surface area (Å²) in [5.41, 5.74) is 0. The molecule has 1 aromatic carbocycles. The van der Waals surface area contributed by atoms with E-state index < -0.39 is 16.6 Å². The molecule has 1 aliphatic rings. The highest BCUT2D eigenvalue weighted by Gasteiger charge is 2.28. The maximum Gasteiger partial charge on any atom is 0.387 e. The number of hydrogen-bond donors (Lipinski definition) is 0. The van der Waals surface area contributed by atoms with E-state index in [1.165, 1.54) is 10.4 Å². The number of alkyl halides is 2. The minimum atomic E-state index is -3.78. The van der Waals surface area contributed by atoms with Gasteiger partial charge in [0.1, 0.15) is 5.75 Å². The summed E-state index contributed by atoms with van der Waals surface area (Å²) < 4.78 is 60.7. The third-order valence-corrected chi connectivity index (χ3v) is 5.77. The van der Waals surface area contributed by atoms with Gasteiger partial charge in [-0.15, -0.1) is 0 Å². The summed E-state index contributed by atoms with van der Waals surface area (Å²) >= 11 is 5.83. The molecule has 0 aliphatic carbocycles. The van der Waals surface area contributed by atoms with E-state index in [0.29, 0.717) is 6.61 Å².